The van der Waals surface area contributed by atoms with E-state index in [-0.39, 0.29) is 18.9 Å². The molecule has 0 aromatic rings. The molecule has 0 atom stereocenters. The van der Waals surface area contributed by atoms with Crippen LogP contribution in [-0.2, 0) is 9.53 Å². The van der Waals surface area contributed by atoms with E-state index in [9.17, 15) is 4.79 Å². The monoisotopic (exact) mass is 155 g/mol. The number of carbonyl (C=O) groups is 1. The molecule has 3 heteroatoms. The van der Waals surface area contributed by atoms with Crippen molar-refractivity contribution >= 4 is 5.97 Å². The number of hydrogen-bond acceptors (Lipinski definition) is 2. The Morgan fingerprint density at radius 2 is 2.09 bits per heavy atom. The SMILES string of the molecule is [C-]#[N+]CCC(=O)OC(C)(C)C. The summed E-state index contributed by atoms with van der Waals surface area (Å²) in [5, 5.41) is 0. The maximum atomic E-state index is 10.9. The maximum Gasteiger partial charge on any atom is 0.313 e. The van der Waals surface area contributed by atoms with Gasteiger partial charge in [0.05, 0.1) is 0 Å². The first-order valence-corrected chi connectivity index (χ1v) is 3.51. The normalized spacial score (nSPS) is 10.4. The van der Waals surface area contributed by atoms with E-state index in [1.54, 1.807) is 0 Å². The topological polar surface area (TPSA) is 30.7 Å². The van der Waals surface area contributed by atoms with E-state index in [2.05, 4.69) is 4.85 Å². The summed E-state index contributed by atoms with van der Waals surface area (Å²) in [5.74, 6) is -0.298. The van der Waals surface area contributed by atoms with Crippen LogP contribution in [0.25, 0.3) is 4.85 Å². The molecule has 0 rings (SSSR count). The Kier molecular flexibility index (Phi) is 3.59. The van der Waals surface area contributed by atoms with Gasteiger partial charge in [-0.05, 0) is 20.8 Å². The Labute approximate surface area is 67.2 Å². The van der Waals surface area contributed by atoms with Crippen LogP contribution >= 0.6 is 0 Å². The second-order valence-corrected chi connectivity index (χ2v) is 3.22. The molecule has 0 fully saturated rings. The average Bonchev–Trinajstić information content (AvgIpc) is 1.79. The van der Waals surface area contributed by atoms with E-state index in [1.807, 2.05) is 20.8 Å². The summed E-state index contributed by atoms with van der Waals surface area (Å²) in [6.45, 7) is 12.1. The van der Waals surface area contributed by atoms with Gasteiger partial charge >= 0.3 is 5.97 Å². The predicted molar refractivity (Wildman–Crippen MR) is 41.9 cm³/mol. The standard InChI is InChI=1S/C8H13NO2/c1-8(2,3)11-7(10)5-6-9-4/h5-6H2,1-3H3. The van der Waals surface area contributed by atoms with Gasteiger partial charge in [0, 0.05) is 0 Å². The van der Waals surface area contributed by atoms with Gasteiger partial charge in [0.25, 0.3) is 0 Å². The molecule has 0 spiro atoms. The lowest BCUT2D eigenvalue weighted by Crippen LogP contribution is -2.23. The molecular formula is C8H13NO2. The van der Waals surface area contributed by atoms with Crippen LogP contribution in [0.5, 0.6) is 0 Å². The zero-order chi connectivity index (χ0) is 8.91. The van der Waals surface area contributed by atoms with Crippen LogP contribution in [0.2, 0.25) is 0 Å². The van der Waals surface area contributed by atoms with Crippen LogP contribution in [0.3, 0.4) is 0 Å². The zero-order valence-corrected chi connectivity index (χ0v) is 7.18. The van der Waals surface area contributed by atoms with Gasteiger partial charge in [-0.2, -0.15) is 0 Å². The number of rotatable bonds is 2. The number of carbonyl (C=O) groups excluding carboxylic acids is 1. The molecule has 0 aliphatic carbocycles. The van der Waals surface area contributed by atoms with E-state index >= 15 is 0 Å². The number of nitrogens with zero attached hydrogens (tertiary/aromatic N) is 1. The predicted octanol–water partition coefficient (Wildman–Crippen LogP) is 1.64. The van der Waals surface area contributed by atoms with E-state index in [0.29, 0.717) is 0 Å². The van der Waals surface area contributed by atoms with Crippen LogP contribution in [-0.4, -0.2) is 18.1 Å². The Balaban J connectivity index is 3.64. The van der Waals surface area contributed by atoms with Crippen molar-refractivity contribution in [3.05, 3.63) is 11.4 Å². The van der Waals surface area contributed by atoms with Crippen molar-refractivity contribution in [2.45, 2.75) is 32.8 Å². The summed E-state index contributed by atoms with van der Waals surface area (Å²) >= 11 is 0. The fraction of sp³-hybridized carbons (Fsp3) is 0.750. The fourth-order valence-corrected chi connectivity index (χ4v) is 0.540. The zero-order valence-electron chi connectivity index (χ0n) is 7.18. The molecule has 0 unspecified atom stereocenters. The summed E-state index contributed by atoms with van der Waals surface area (Å²) in [4.78, 5) is 13.9. The molecule has 0 saturated carbocycles. The summed E-state index contributed by atoms with van der Waals surface area (Å²) < 4.78 is 4.96. The highest BCUT2D eigenvalue weighted by Gasteiger charge is 2.16. The van der Waals surface area contributed by atoms with Crippen LogP contribution in [0, 0.1) is 6.57 Å². The smallest absolute Gasteiger partial charge is 0.313 e. The third kappa shape index (κ3) is 6.85. The number of ether oxygens (including phenoxy) is 1. The highest BCUT2D eigenvalue weighted by atomic mass is 16.6. The minimum atomic E-state index is -0.431. The Morgan fingerprint density at radius 1 is 1.55 bits per heavy atom. The van der Waals surface area contributed by atoms with Crippen molar-refractivity contribution < 1.29 is 9.53 Å². The van der Waals surface area contributed by atoms with Crippen LogP contribution in [0.15, 0.2) is 0 Å². The first-order valence-electron chi connectivity index (χ1n) is 3.51. The van der Waals surface area contributed by atoms with E-state index in [0.717, 1.165) is 0 Å². The summed E-state index contributed by atoms with van der Waals surface area (Å²) in [5.41, 5.74) is -0.431. The molecule has 3 nitrogen and oxygen atoms in total. The Bertz CT molecular complexity index is 174. The third-order valence-electron chi connectivity index (χ3n) is 0.848. The van der Waals surface area contributed by atoms with Gasteiger partial charge in [-0.25, -0.2) is 6.57 Å². The van der Waals surface area contributed by atoms with Gasteiger partial charge in [0.15, 0.2) is 0 Å². The Morgan fingerprint density at radius 3 is 2.45 bits per heavy atom. The van der Waals surface area contributed by atoms with E-state index in [1.165, 1.54) is 0 Å². The van der Waals surface area contributed by atoms with Crippen molar-refractivity contribution in [1.82, 2.24) is 0 Å². The lowest BCUT2D eigenvalue weighted by Gasteiger charge is -2.18. The molecule has 0 amide bonds. The van der Waals surface area contributed by atoms with Gasteiger partial charge in [-0.15, -0.1) is 0 Å². The van der Waals surface area contributed by atoms with Crippen LogP contribution in [0.1, 0.15) is 27.2 Å². The molecule has 0 aliphatic heterocycles. The molecule has 0 heterocycles. The van der Waals surface area contributed by atoms with Gasteiger partial charge in [-0.1, -0.05) is 0 Å². The second kappa shape index (κ2) is 3.97. The first kappa shape index (κ1) is 9.96. The molecule has 0 aromatic carbocycles. The Hall–Kier alpha value is -1.04. The lowest BCUT2D eigenvalue weighted by atomic mass is 10.2. The average molecular weight is 155 g/mol. The molecule has 0 N–H and O–H groups in total. The minimum Gasteiger partial charge on any atom is -0.460 e. The largest absolute Gasteiger partial charge is 0.460 e. The molecule has 0 saturated heterocycles. The lowest BCUT2D eigenvalue weighted by molar-refractivity contribution is -0.154. The van der Waals surface area contributed by atoms with Crippen molar-refractivity contribution in [3.63, 3.8) is 0 Å². The summed E-state index contributed by atoms with van der Waals surface area (Å²) in [6, 6.07) is 0. The van der Waals surface area contributed by atoms with E-state index < -0.39 is 5.60 Å². The molecule has 62 valence electrons. The summed E-state index contributed by atoms with van der Waals surface area (Å²) in [7, 11) is 0. The highest BCUT2D eigenvalue weighted by Crippen LogP contribution is 2.07. The molecule has 0 aliphatic rings. The van der Waals surface area contributed by atoms with Crippen molar-refractivity contribution in [3.8, 4) is 0 Å². The van der Waals surface area contributed by atoms with Gasteiger partial charge < -0.3 is 9.58 Å². The quantitative estimate of drug-likeness (QED) is 0.448. The third-order valence-corrected chi connectivity index (χ3v) is 0.848. The van der Waals surface area contributed by atoms with Crippen LogP contribution < -0.4 is 0 Å². The molecular weight excluding hydrogens is 142 g/mol. The van der Waals surface area contributed by atoms with Gasteiger partial charge in [0.1, 0.15) is 12.0 Å². The fourth-order valence-electron chi connectivity index (χ4n) is 0.540. The molecule has 0 bridgehead atoms. The van der Waals surface area contributed by atoms with Crippen molar-refractivity contribution in [1.29, 1.82) is 0 Å². The van der Waals surface area contributed by atoms with Gasteiger partial charge in [0.2, 0.25) is 6.54 Å². The maximum absolute atomic E-state index is 10.9. The molecule has 0 radical (unpaired) electrons. The van der Waals surface area contributed by atoms with Crippen molar-refractivity contribution in [2.75, 3.05) is 6.54 Å². The second-order valence-electron chi connectivity index (χ2n) is 3.22. The number of hydrogen-bond donors (Lipinski definition) is 0. The highest BCUT2D eigenvalue weighted by molar-refractivity contribution is 5.70. The van der Waals surface area contributed by atoms with Gasteiger partial charge in [-0.3, -0.25) is 4.79 Å². The molecule has 0 aromatic heterocycles. The minimum absolute atomic E-state index is 0.195. The molecule has 11 heavy (non-hydrogen) atoms. The van der Waals surface area contributed by atoms with Crippen LogP contribution in [0.4, 0.5) is 0 Å². The first-order chi connectivity index (χ1) is 4.95. The van der Waals surface area contributed by atoms with Crippen molar-refractivity contribution in [2.24, 2.45) is 0 Å². The van der Waals surface area contributed by atoms with E-state index in [4.69, 9.17) is 11.3 Å². The number of esters is 1. The summed E-state index contributed by atoms with van der Waals surface area (Å²) in [6.07, 6.45) is 0.195.